The lowest BCUT2D eigenvalue weighted by molar-refractivity contribution is -0.116. The fourth-order valence-corrected chi connectivity index (χ4v) is 2.41. The molecule has 0 saturated heterocycles. The second-order valence-electron chi connectivity index (χ2n) is 5.25. The average Bonchev–Trinajstić information content (AvgIpc) is 2.56. The summed E-state index contributed by atoms with van der Waals surface area (Å²) in [5.74, 6) is -0.557. The molecule has 0 bridgehead atoms. The Morgan fingerprint density at radius 3 is 2.52 bits per heavy atom. The van der Waals surface area contributed by atoms with E-state index in [2.05, 4.69) is 10.1 Å². The van der Waals surface area contributed by atoms with Crippen LogP contribution in [0.15, 0.2) is 48.5 Å². The summed E-state index contributed by atoms with van der Waals surface area (Å²) in [7, 11) is 1.30. The molecule has 0 aliphatic heterocycles. The lowest BCUT2D eigenvalue weighted by Gasteiger charge is -2.13. The maximum absolute atomic E-state index is 12.2. The number of hydrogen-bond donors (Lipinski definition) is 1. The van der Waals surface area contributed by atoms with Crippen molar-refractivity contribution in [1.29, 1.82) is 0 Å². The number of ether oxygens (including phenoxy) is 1. The molecule has 2 aromatic rings. The lowest BCUT2D eigenvalue weighted by atomic mass is 9.97. The average molecular weight is 332 g/mol. The first-order valence-corrected chi connectivity index (χ1v) is 7.61. The Balaban J connectivity index is 2.06. The van der Waals surface area contributed by atoms with Gasteiger partial charge in [-0.15, -0.1) is 0 Å². The van der Waals surface area contributed by atoms with Gasteiger partial charge in [-0.25, -0.2) is 4.79 Å². The minimum absolute atomic E-state index is 0.0822. The maximum Gasteiger partial charge on any atom is 0.337 e. The lowest BCUT2D eigenvalue weighted by Crippen LogP contribution is -2.15. The highest BCUT2D eigenvalue weighted by atomic mass is 35.5. The van der Waals surface area contributed by atoms with Gasteiger partial charge in [0.2, 0.25) is 5.91 Å². The van der Waals surface area contributed by atoms with Gasteiger partial charge in [-0.1, -0.05) is 48.9 Å². The van der Waals surface area contributed by atoms with Crippen LogP contribution in [0, 0.1) is 0 Å². The summed E-state index contributed by atoms with van der Waals surface area (Å²) < 4.78 is 4.66. The van der Waals surface area contributed by atoms with Crippen molar-refractivity contribution in [3.05, 3.63) is 64.7 Å². The molecule has 0 aliphatic carbocycles. The number of halogens is 1. The molecule has 0 heterocycles. The Morgan fingerprint density at radius 1 is 1.17 bits per heavy atom. The molecule has 5 heteroatoms. The first kappa shape index (κ1) is 17.0. The normalized spacial score (nSPS) is 11.6. The highest BCUT2D eigenvalue weighted by Crippen LogP contribution is 2.25. The third-order valence-electron chi connectivity index (χ3n) is 3.52. The van der Waals surface area contributed by atoms with Crippen LogP contribution in [-0.2, 0) is 9.53 Å². The molecule has 2 rings (SSSR count). The first-order chi connectivity index (χ1) is 11.0. The molecule has 0 saturated carbocycles. The van der Waals surface area contributed by atoms with Crippen molar-refractivity contribution in [2.24, 2.45) is 0 Å². The predicted molar refractivity (Wildman–Crippen MR) is 90.9 cm³/mol. The molecule has 1 unspecified atom stereocenters. The van der Waals surface area contributed by atoms with Gasteiger partial charge in [-0.05, 0) is 29.7 Å². The van der Waals surface area contributed by atoms with Crippen LogP contribution in [0.1, 0.15) is 35.2 Å². The van der Waals surface area contributed by atoms with Crippen molar-refractivity contribution in [3.8, 4) is 0 Å². The van der Waals surface area contributed by atoms with Gasteiger partial charge in [-0.3, -0.25) is 4.79 Å². The van der Waals surface area contributed by atoms with Crippen molar-refractivity contribution in [2.45, 2.75) is 19.3 Å². The molecule has 4 nitrogen and oxygen atoms in total. The van der Waals surface area contributed by atoms with Gasteiger partial charge in [0, 0.05) is 6.42 Å². The minimum Gasteiger partial charge on any atom is -0.465 e. The largest absolute Gasteiger partial charge is 0.465 e. The fourth-order valence-electron chi connectivity index (χ4n) is 2.24. The van der Waals surface area contributed by atoms with Crippen molar-refractivity contribution in [1.82, 2.24) is 0 Å². The Morgan fingerprint density at radius 2 is 1.87 bits per heavy atom. The van der Waals surface area contributed by atoms with E-state index in [1.165, 1.54) is 13.2 Å². The van der Waals surface area contributed by atoms with Crippen LogP contribution in [0.2, 0.25) is 5.02 Å². The third kappa shape index (κ3) is 4.57. The summed E-state index contributed by atoms with van der Waals surface area (Å²) in [5, 5.41) is 3.13. The number of hydrogen-bond acceptors (Lipinski definition) is 3. The van der Waals surface area contributed by atoms with Crippen LogP contribution >= 0.6 is 11.6 Å². The monoisotopic (exact) mass is 331 g/mol. The number of carbonyl (C=O) groups is 2. The summed E-state index contributed by atoms with van der Waals surface area (Å²) >= 11 is 6.07. The summed E-state index contributed by atoms with van der Waals surface area (Å²) in [5.41, 5.74) is 1.83. The van der Waals surface area contributed by atoms with Gasteiger partial charge < -0.3 is 10.1 Å². The van der Waals surface area contributed by atoms with Gasteiger partial charge >= 0.3 is 5.97 Å². The van der Waals surface area contributed by atoms with E-state index < -0.39 is 5.97 Å². The van der Waals surface area contributed by atoms with Gasteiger partial charge in [-0.2, -0.15) is 0 Å². The van der Waals surface area contributed by atoms with Gasteiger partial charge in [0.05, 0.1) is 23.4 Å². The van der Waals surface area contributed by atoms with E-state index in [0.29, 0.717) is 22.7 Å². The number of anilines is 1. The zero-order valence-electron chi connectivity index (χ0n) is 13.0. The number of rotatable bonds is 5. The van der Waals surface area contributed by atoms with Gasteiger partial charge in [0.1, 0.15) is 0 Å². The summed E-state index contributed by atoms with van der Waals surface area (Å²) in [6.45, 7) is 1.99. The van der Waals surface area contributed by atoms with E-state index in [0.717, 1.165) is 5.56 Å². The van der Waals surface area contributed by atoms with Crippen molar-refractivity contribution >= 4 is 29.2 Å². The molecular formula is C18H18ClNO3. The molecule has 1 amide bonds. The standard InChI is InChI=1S/C18H18ClNO3/c1-12(13-6-4-3-5-7-13)10-17(21)20-16-11-14(18(22)23-2)8-9-15(16)19/h3-9,11-12H,10H2,1-2H3,(H,20,21). The van der Waals surface area contributed by atoms with Crippen LogP contribution < -0.4 is 5.32 Å². The Bertz CT molecular complexity index is 701. The van der Waals surface area contributed by atoms with Crippen molar-refractivity contribution in [3.63, 3.8) is 0 Å². The number of methoxy groups -OCH3 is 1. The fraction of sp³-hybridized carbons (Fsp3) is 0.222. The number of nitrogens with one attached hydrogen (secondary N) is 1. The number of amides is 1. The van der Waals surface area contributed by atoms with Crippen LogP contribution in [0.5, 0.6) is 0 Å². The third-order valence-corrected chi connectivity index (χ3v) is 3.85. The minimum atomic E-state index is -0.477. The van der Waals surface area contributed by atoms with E-state index >= 15 is 0 Å². The summed E-state index contributed by atoms with van der Waals surface area (Å²) in [4.78, 5) is 23.8. The highest BCUT2D eigenvalue weighted by molar-refractivity contribution is 6.33. The van der Waals surface area contributed by atoms with Crippen LogP contribution in [0.25, 0.3) is 0 Å². The van der Waals surface area contributed by atoms with E-state index in [4.69, 9.17) is 11.6 Å². The molecule has 0 radical (unpaired) electrons. The van der Waals surface area contributed by atoms with Crippen molar-refractivity contribution < 1.29 is 14.3 Å². The van der Waals surface area contributed by atoms with E-state index in [-0.39, 0.29) is 11.8 Å². The Labute approximate surface area is 140 Å². The van der Waals surface area contributed by atoms with Crippen LogP contribution in [0.4, 0.5) is 5.69 Å². The number of esters is 1. The second-order valence-corrected chi connectivity index (χ2v) is 5.66. The van der Waals surface area contributed by atoms with E-state index in [1.54, 1.807) is 12.1 Å². The van der Waals surface area contributed by atoms with Crippen LogP contribution in [-0.4, -0.2) is 19.0 Å². The van der Waals surface area contributed by atoms with E-state index in [9.17, 15) is 9.59 Å². The maximum atomic E-state index is 12.2. The smallest absolute Gasteiger partial charge is 0.337 e. The molecule has 1 atom stereocenters. The molecule has 0 spiro atoms. The topological polar surface area (TPSA) is 55.4 Å². The molecule has 23 heavy (non-hydrogen) atoms. The summed E-state index contributed by atoms with van der Waals surface area (Å²) in [6, 6.07) is 14.4. The molecular weight excluding hydrogens is 314 g/mol. The zero-order valence-corrected chi connectivity index (χ0v) is 13.8. The highest BCUT2D eigenvalue weighted by Gasteiger charge is 2.14. The molecule has 0 aliphatic rings. The molecule has 2 aromatic carbocycles. The Hall–Kier alpha value is -2.33. The SMILES string of the molecule is COC(=O)c1ccc(Cl)c(NC(=O)CC(C)c2ccccc2)c1. The quantitative estimate of drug-likeness (QED) is 0.833. The summed E-state index contributed by atoms with van der Waals surface area (Å²) in [6.07, 6.45) is 0.322. The second kappa shape index (κ2) is 7.79. The molecule has 120 valence electrons. The first-order valence-electron chi connectivity index (χ1n) is 7.24. The predicted octanol–water partition coefficient (Wildman–Crippen LogP) is 4.26. The number of carbonyl (C=O) groups excluding carboxylic acids is 2. The van der Waals surface area contributed by atoms with Crippen LogP contribution in [0.3, 0.4) is 0 Å². The molecule has 0 aromatic heterocycles. The van der Waals surface area contributed by atoms with Crippen molar-refractivity contribution in [2.75, 3.05) is 12.4 Å². The van der Waals surface area contributed by atoms with E-state index in [1.807, 2.05) is 37.3 Å². The van der Waals surface area contributed by atoms with Gasteiger partial charge in [0.15, 0.2) is 0 Å². The van der Waals surface area contributed by atoms with Gasteiger partial charge in [0.25, 0.3) is 0 Å². The zero-order chi connectivity index (χ0) is 16.8. The Kier molecular flexibility index (Phi) is 5.77. The number of benzene rings is 2. The molecule has 0 fully saturated rings. The molecule has 1 N–H and O–H groups in total.